The van der Waals surface area contributed by atoms with Gasteiger partial charge in [0.15, 0.2) is 6.29 Å². The number of aliphatic hydroxyl groups is 3. The quantitative estimate of drug-likeness (QED) is 0.284. The molecule has 47 heavy (non-hydrogen) atoms. The molecule has 4 aliphatic rings. The van der Waals surface area contributed by atoms with E-state index in [4.69, 9.17) is 23.7 Å². The highest BCUT2D eigenvalue weighted by molar-refractivity contribution is 5.73. The highest BCUT2D eigenvalue weighted by Gasteiger charge is 2.51. The Labute approximate surface area is 283 Å². The van der Waals surface area contributed by atoms with Crippen LogP contribution in [0.2, 0.25) is 0 Å². The maximum absolute atomic E-state index is 13.7. The first-order chi connectivity index (χ1) is 21.9. The molecule has 4 heterocycles. The van der Waals surface area contributed by atoms with Gasteiger partial charge in [-0.3, -0.25) is 4.79 Å². The van der Waals surface area contributed by atoms with Crippen LogP contribution in [0.3, 0.4) is 0 Å². The lowest BCUT2D eigenvalue weighted by atomic mass is 9.78. The average Bonchev–Trinajstić information content (AvgIpc) is 3.00. The van der Waals surface area contributed by atoms with E-state index in [-0.39, 0.29) is 37.3 Å². The third-order valence-electron chi connectivity index (χ3n) is 10.9. The number of rotatable bonds is 6. The number of carbonyl (C=O) groups is 1. The summed E-state index contributed by atoms with van der Waals surface area (Å²) in [6.07, 6.45) is -3.27. The lowest BCUT2D eigenvalue weighted by Crippen LogP contribution is -2.60. The van der Waals surface area contributed by atoms with E-state index in [0.717, 1.165) is 13.0 Å². The van der Waals surface area contributed by atoms with Crippen molar-refractivity contribution >= 4 is 5.97 Å². The molecule has 0 aromatic carbocycles. The van der Waals surface area contributed by atoms with Crippen molar-refractivity contribution in [3.05, 3.63) is 12.2 Å². The van der Waals surface area contributed by atoms with Crippen molar-refractivity contribution in [3.8, 4) is 0 Å². The number of hydrogen-bond donors (Lipinski definition) is 3. The van der Waals surface area contributed by atoms with E-state index in [1.165, 1.54) is 0 Å². The number of esters is 1. The van der Waals surface area contributed by atoms with Gasteiger partial charge in [-0.05, 0) is 92.4 Å². The largest absolute Gasteiger partial charge is 0.459 e. The van der Waals surface area contributed by atoms with Gasteiger partial charge in [0.05, 0.1) is 49.1 Å². The minimum absolute atomic E-state index is 0.0100. The average molecular weight is 671 g/mol. The fourth-order valence-electron chi connectivity index (χ4n) is 8.09. The standard InChI is InChI=1S/C36H66N2O9/c1-13-15-38-18-22(4)31-36(10,42)28(14-2)46-33(41)26(8)29(39)25(7)32(35(9,17-23(38)5)44-20-21(3)19-43-31)47-34-30(40)27(37(11)12)16-24(6)45-34/h22-32,34,39-40,42H,3,13-20H2,1-2,4-12H3/t22-,23+,24+,25-,26+,27-,28+,29-,30+,31+,32+,34-,35+,36+/m0/s1. The molecule has 14 atom stereocenters. The van der Waals surface area contributed by atoms with Crippen LogP contribution in [0.4, 0.5) is 0 Å². The zero-order valence-corrected chi connectivity index (χ0v) is 31.0. The van der Waals surface area contributed by atoms with E-state index in [1.807, 2.05) is 46.7 Å². The summed E-state index contributed by atoms with van der Waals surface area (Å²) < 4.78 is 32.3. The molecule has 4 rings (SSSR count). The summed E-state index contributed by atoms with van der Waals surface area (Å²) in [5, 5.41) is 35.5. The molecule has 0 aromatic heterocycles. The first kappa shape index (κ1) is 40.3. The van der Waals surface area contributed by atoms with Gasteiger partial charge in [-0.2, -0.15) is 0 Å². The summed E-state index contributed by atoms with van der Waals surface area (Å²) in [7, 11) is 3.85. The van der Waals surface area contributed by atoms with Gasteiger partial charge in [-0.1, -0.05) is 34.3 Å². The number of likely N-dealkylation sites (N-methyl/N-ethyl adjacent to an activating group) is 1. The molecule has 3 N–H and O–H groups in total. The van der Waals surface area contributed by atoms with Crippen molar-refractivity contribution in [2.75, 3.05) is 40.4 Å². The highest BCUT2D eigenvalue weighted by Crippen LogP contribution is 2.39. The summed E-state index contributed by atoms with van der Waals surface area (Å²) >= 11 is 0. The molecular weight excluding hydrogens is 604 g/mol. The molecule has 0 radical (unpaired) electrons. The monoisotopic (exact) mass is 670 g/mol. The number of ether oxygens (including phenoxy) is 5. The van der Waals surface area contributed by atoms with Gasteiger partial charge in [-0.25, -0.2) is 0 Å². The van der Waals surface area contributed by atoms with Gasteiger partial charge < -0.3 is 48.8 Å². The van der Waals surface area contributed by atoms with Crippen molar-refractivity contribution in [1.82, 2.24) is 9.80 Å². The van der Waals surface area contributed by atoms with Crippen LogP contribution in [-0.4, -0.2) is 138 Å². The third kappa shape index (κ3) is 9.35. The van der Waals surface area contributed by atoms with E-state index in [0.29, 0.717) is 31.4 Å². The van der Waals surface area contributed by atoms with Crippen molar-refractivity contribution in [2.45, 2.75) is 154 Å². The Morgan fingerprint density at radius 3 is 2.32 bits per heavy atom. The second-order valence-electron chi connectivity index (χ2n) is 15.4. The fraction of sp³-hybridized carbons (Fsp3) is 0.917. The predicted molar refractivity (Wildman–Crippen MR) is 181 cm³/mol. The molecule has 274 valence electrons. The maximum atomic E-state index is 13.7. The molecule has 4 aliphatic heterocycles. The Bertz CT molecular complexity index is 1030. The van der Waals surface area contributed by atoms with Gasteiger partial charge in [0, 0.05) is 24.5 Å². The van der Waals surface area contributed by atoms with Crippen molar-refractivity contribution in [2.24, 2.45) is 17.8 Å². The van der Waals surface area contributed by atoms with E-state index in [9.17, 15) is 20.1 Å². The number of nitrogens with zero attached hydrogens (tertiary/aromatic N) is 2. The minimum atomic E-state index is -1.53. The van der Waals surface area contributed by atoms with Crippen molar-refractivity contribution < 1.29 is 43.8 Å². The summed E-state index contributed by atoms with van der Waals surface area (Å²) in [6, 6.07) is -0.210. The summed E-state index contributed by atoms with van der Waals surface area (Å²) in [4.78, 5) is 18.1. The summed E-state index contributed by atoms with van der Waals surface area (Å²) in [5.41, 5.74) is -1.87. The Kier molecular flexibility index (Phi) is 14.3. The Morgan fingerprint density at radius 1 is 1.06 bits per heavy atom. The molecule has 4 saturated heterocycles. The van der Waals surface area contributed by atoms with Gasteiger partial charge in [0.2, 0.25) is 0 Å². The zero-order valence-electron chi connectivity index (χ0n) is 31.0. The van der Waals surface area contributed by atoms with Crippen LogP contribution in [-0.2, 0) is 28.5 Å². The predicted octanol–water partition coefficient (Wildman–Crippen LogP) is 3.37. The first-order valence-electron chi connectivity index (χ1n) is 17.8. The minimum Gasteiger partial charge on any atom is -0.459 e. The van der Waals surface area contributed by atoms with E-state index in [1.54, 1.807) is 13.8 Å². The Balaban J connectivity index is 2.22. The first-order valence-corrected chi connectivity index (χ1v) is 17.8. The second kappa shape index (κ2) is 16.7. The van der Waals surface area contributed by atoms with Crippen molar-refractivity contribution in [3.63, 3.8) is 0 Å². The van der Waals surface area contributed by atoms with Gasteiger partial charge >= 0.3 is 5.97 Å². The molecule has 0 spiro atoms. The van der Waals surface area contributed by atoms with Crippen LogP contribution in [0.5, 0.6) is 0 Å². The lowest BCUT2D eigenvalue weighted by molar-refractivity contribution is -0.303. The second-order valence-corrected chi connectivity index (χ2v) is 15.4. The number of aliphatic hydroxyl groups excluding tert-OH is 2. The maximum Gasteiger partial charge on any atom is 0.311 e. The van der Waals surface area contributed by atoms with Crippen LogP contribution >= 0.6 is 0 Å². The molecule has 0 amide bonds. The molecule has 0 aliphatic carbocycles. The molecule has 0 unspecified atom stereocenters. The van der Waals surface area contributed by atoms with Crippen LogP contribution in [0.1, 0.15) is 88.0 Å². The zero-order chi connectivity index (χ0) is 35.4. The Morgan fingerprint density at radius 2 is 1.72 bits per heavy atom. The van der Waals surface area contributed by atoms with Gasteiger partial charge in [0.1, 0.15) is 17.8 Å². The number of fused-ring (bicyclic) bond motifs is 15. The van der Waals surface area contributed by atoms with Crippen molar-refractivity contribution in [1.29, 1.82) is 0 Å². The van der Waals surface area contributed by atoms with Crippen LogP contribution in [0.25, 0.3) is 0 Å². The fourth-order valence-corrected chi connectivity index (χ4v) is 8.09. The van der Waals surface area contributed by atoms with Crippen LogP contribution < -0.4 is 0 Å². The molecular formula is C36H66N2O9. The molecule has 11 nitrogen and oxygen atoms in total. The third-order valence-corrected chi connectivity index (χ3v) is 10.9. The highest BCUT2D eigenvalue weighted by atomic mass is 16.7. The Hall–Kier alpha value is -1.15. The lowest BCUT2D eigenvalue weighted by Gasteiger charge is -2.49. The number of carbonyl (C=O) groups excluding carboxylic acids is 1. The SMILES string of the molecule is C=C1CO[C@@H]2[C@@H](C)CN(CCC)[C@H](C)C[C@@](C)(OC1)[C@H](O[C@@H]1O[C@H](C)C[C@H](N(C)C)[C@H]1O)[C@@H](C)[C@H](O)[C@@H](C)C(=O)O[C@H](CC)[C@@]2(C)O. The van der Waals surface area contributed by atoms with Crippen LogP contribution in [0.15, 0.2) is 12.2 Å². The van der Waals surface area contributed by atoms with Gasteiger partial charge in [-0.15, -0.1) is 0 Å². The van der Waals surface area contributed by atoms with E-state index >= 15 is 0 Å². The molecule has 4 fully saturated rings. The smallest absolute Gasteiger partial charge is 0.311 e. The number of hydrogen-bond acceptors (Lipinski definition) is 11. The summed E-state index contributed by atoms with van der Waals surface area (Å²) in [5.74, 6) is -2.37. The molecule has 11 heteroatoms. The van der Waals surface area contributed by atoms with Gasteiger partial charge in [0.25, 0.3) is 0 Å². The van der Waals surface area contributed by atoms with Crippen LogP contribution in [0, 0.1) is 17.8 Å². The summed E-state index contributed by atoms with van der Waals surface area (Å²) in [6.45, 7) is 23.3. The molecule has 2 bridgehead atoms. The van der Waals surface area contributed by atoms with E-state index < -0.39 is 65.8 Å². The molecule has 0 aromatic rings. The topological polar surface area (TPSA) is 130 Å². The normalized spacial score (nSPS) is 45.4. The van der Waals surface area contributed by atoms with E-state index in [2.05, 4.69) is 32.3 Å². The molecule has 0 saturated carbocycles.